The number of hydrogen-bond donors (Lipinski definition) is 0. The minimum Gasteiger partial charge on any atom is -0.457 e. The smallest absolute Gasteiger partial charge is 0.137 e. The van der Waals surface area contributed by atoms with Gasteiger partial charge >= 0.3 is 0 Å². The van der Waals surface area contributed by atoms with Gasteiger partial charge < -0.3 is 14.5 Å². The first-order chi connectivity index (χ1) is 32.0. The average Bonchev–Trinajstić information content (AvgIpc) is 3.87. The van der Waals surface area contributed by atoms with E-state index < -0.39 is 0 Å². The highest BCUT2D eigenvalue weighted by molar-refractivity contribution is 6.10. The molecule has 6 aromatic carbocycles. The van der Waals surface area contributed by atoms with Gasteiger partial charge in [-0.05, 0) is 105 Å². The third-order valence-corrected chi connectivity index (χ3v) is 13.8. The van der Waals surface area contributed by atoms with E-state index in [0.717, 1.165) is 39.4 Å². The van der Waals surface area contributed by atoms with Crippen molar-refractivity contribution in [2.45, 2.75) is 113 Å². The van der Waals surface area contributed by atoms with Crippen LogP contribution in [0.4, 0.5) is 11.4 Å². The molecule has 5 heteroatoms. The molecule has 0 N–H and O–H groups in total. The fourth-order valence-electron chi connectivity index (χ4n) is 10.1. The third kappa shape index (κ3) is 8.84. The van der Waals surface area contributed by atoms with Crippen LogP contribution in [0.5, 0.6) is 11.5 Å². The summed E-state index contributed by atoms with van der Waals surface area (Å²) in [5.41, 5.74) is 13.9. The minimum absolute atomic E-state index is 0.0354. The summed E-state index contributed by atoms with van der Waals surface area (Å²) in [7, 11) is 0. The maximum absolute atomic E-state index is 7.11. The van der Waals surface area contributed by atoms with Crippen molar-refractivity contribution in [3.8, 4) is 28.4 Å². The van der Waals surface area contributed by atoms with Gasteiger partial charge in [-0.25, -0.2) is 4.98 Å². The van der Waals surface area contributed by atoms with Crippen LogP contribution < -0.4 is 14.5 Å². The molecule has 0 radical (unpaired) electrons. The summed E-state index contributed by atoms with van der Waals surface area (Å²) < 4.78 is 9.42. The molecule has 0 saturated heterocycles. The molecule has 3 heterocycles. The van der Waals surface area contributed by atoms with Crippen LogP contribution in [0.2, 0.25) is 0 Å². The number of aromatic nitrogens is 2. The molecular formula is C63H70N4O. The van der Waals surface area contributed by atoms with Gasteiger partial charge in [-0.15, -0.1) is 0 Å². The lowest BCUT2D eigenvalue weighted by Gasteiger charge is -2.35. The van der Waals surface area contributed by atoms with Crippen LogP contribution in [-0.2, 0) is 16.2 Å². The van der Waals surface area contributed by atoms with E-state index in [-0.39, 0.29) is 27.1 Å². The second-order valence-corrected chi connectivity index (χ2v) is 23.6. The maximum Gasteiger partial charge on any atom is 0.137 e. The van der Waals surface area contributed by atoms with E-state index in [4.69, 9.17) is 9.72 Å². The molecule has 5 nitrogen and oxygen atoms in total. The van der Waals surface area contributed by atoms with Crippen molar-refractivity contribution in [2.24, 2.45) is 10.8 Å². The van der Waals surface area contributed by atoms with Crippen molar-refractivity contribution >= 4 is 33.2 Å². The van der Waals surface area contributed by atoms with Crippen LogP contribution in [0.25, 0.3) is 38.8 Å². The highest BCUT2D eigenvalue weighted by atomic mass is 16.5. The maximum atomic E-state index is 7.11. The van der Waals surface area contributed by atoms with Crippen LogP contribution in [0.1, 0.15) is 119 Å². The monoisotopic (exact) mass is 899 g/mol. The number of allylic oxidation sites excluding steroid dienone is 2. The minimum atomic E-state index is -0.172. The Morgan fingerprint density at radius 3 is 1.68 bits per heavy atom. The molecule has 0 spiro atoms. The standard InChI is InChI=1S/C63H70N4O/c1-59(2,3)45-32-33-64-56(38-45)67-54-31-28-43(42-22-17-15-18-23-42)34-53(54)52-30-29-50(40-55(52)67)68-51-37-47(60(4,5)6)36-49(39-51)66-41-65(57(61(7,8)9)58(66)62(10,11)12)48-27-21-26-46(35-48)63(13,14)44-24-19-16-20-25-44/h15-40H,41H2,1-14H3. The summed E-state index contributed by atoms with van der Waals surface area (Å²) in [4.78, 5) is 10.1. The van der Waals surface area contributed by atoms with Gasteiger partial charge in [-0.1, -0.05) is 176 Å². The number of hydrogen-bond acceptors (Lipinski definition) is 4. The summed E-state index contributed by atoms with van der Waals surface area (Å²) in [5.74, 6) is 2.48. The van der Waals surface area contributed by atoms with Gasteiger partial charge in [-0.2, -0.15) is 0 Å². The quantitative estimate of drug-likeness (QED) is 0.152. The summed E-state index contributed by atoms with van der Waals surface area (Å²) in [6.45, 7) is 33.1. The van der Waals surface area contributed by atoms with Crippen LogP contribution in [0.15, 0.2) is 169 Å². The lowest BCUT2D eigenvalue weighted by atomic mass is 9.78. The van der Waals surface area contributed by atoms with Gasteiger partial charge in [0, 0.05) is 68.1 Å². The molecule has 2 aromatic heterocycles. The van der Waals surface area contributed by atoms with E-state index in [1.54, 1.807) is 0 Å². The zero-order valence-electron chi connectivity index (χ0n) is 42.9. The number of rotatable bonds is 8. The molecule has 1 aliphatic heterocycles. The van der Waals surface area contributed by atoms with Crippen molar-refractivity contribution in [2.75, 3.05) is 16.5 Å². The number of benzene rings is 6. The summed E-state index contributed by atoms with van der Waals surface area (Å²) in [6, 6.07) is 55.3. The number of pyridine rings is 1. The molecule has 0 aliphatic carbocycles. The van der Waals surface area contributed by atoms with Gasteiger partial charge in [0.25, 0.3) is 0 Å². The first-order valence-corrected chi connectivity index (χ1v) is 24.4. The van der Waals surface area contributed by atoms with E-state index in [9.17, 15) is 0 Å². The third-order valence-electron chi connectivity index (χ3n) is 13.8. The molecular weight excluding hydrogens is 829 g/mol. The number of anilines is 2. The van der Waals surface area contributed by atoms with Crippen LogP contribution in [-0.4, -0.2) is 16.2 Å². The second kappa shape index (κ2) is 16.9. The normalized spacial score (nSPS) is 14.1. The molecule has 0 bridgehead atoms. The number of ether oxygens (including phenoxy) is 1. The van der Waals surface area contributed by atoms with E-state index >= 15 is 0 Å². The summed E-state index contributed by atoms with van der Waals surface area (Å²) in [5, 5.41) is 2.33. The first-order valence-electron chi connectivity index (χ1n) is 24.4. The molecule has 348 valence electrons. The van der Waals surface area contributed by atoms with Gasteiger partial charge in [0.05, 0.1) is 17.7 Å². The average molecular weight is 899 g/mol. The molecule has 8 aromatic rings. The van der Waals surface area contributed by atoms with E-state index in [0.29, 0.717) is 6.67 Å². The summed E-state index contributed by atoms with van der Waals surface area (Å²) >= 11 is 0. The predicted molar refractivity (Wildman–Crippen MR) is 289 cm³/mol. The van der Waals surface area contributed by atoms with E-state index in [2.05, 4.69) is 263 Å². The van der Waals surface area contributed by atoms with Crippen molar-refractivity contribution in [3.05, 3.63) is 192 Å². The van der Waals surface area contributed by atoms with E-state index in [1.165, 1.54) is 55.8 Å². The van der Waals surface area contributed by atoms with Crippen molar-refractivity contribution in [1.29, 1.82) is 0 Å². The number of fused-ring (bicyclic) bond motifs is 3. The van der Waals surface area contributed by atoms with Gasteiger partial charge in [0.2, 0.25) is 0 Å². The molecule has 1 aliphatic rings. The Morgan fingerprint density at radius 1 is 0.412 bits per heavy atom. The van der Waals surface area contributed by atoms with Crippen LogP contribution >= 0.6 is 0 Å². The van der Waals surface area contributed by atoms with Gasteiger partial charge in [-0.3, -0.25) is 4.57 Å². The van der Waals surface area contributed by atoms with E-state index in [1.807, 2.05) is 6.20 Å². The van der Waals surface area contributed by atoms with Gasteiger partial charge in [0.15, 0.2) is 0 Å². The Labute approximate surface area is 406 Å². The Kier molecular flexibility index (Phi) is 11.5. The molecule has 9 rings (SSSR count). The second-order valence-electron chi connectivity index (χ2n) is 23.6. The Hall–Kier alpha value is -6.59. The lowest BCUT2D eigenvalue weighted by Crippen LogP contribution is -2.31. The Balaban J connectivity index is 1.17. The van der Waals surface area contributed by atoms with Crippen molar-refractivity contribution in [1.82, 2.24) is 9.55 Å². The molecule has 0 saturated carbocycles. The SMILES string of the molecule is CC(C)(C)C1=C(C(C)(C)C)N(c2cccc(C(C)(C)c3ccccc3)c2)CN1c1cc(Oc2ccc3c4cc(-c5ccccc5)ccc4n(-c4cc(C(C)(C)C)ccn4)c3c2)cc(C(C)(C)C)c1. The number of nitrogens with zero attached hydrogens (tertiary/aromatic N) is 4. The molecule has 68 heavy (non-hydrogen) atoms. The zero-order valence-corrected chi connectivity index (χ0v) is 42.9. The van der Waals surface area contributed by atoms with Crippen molar-refractivity contribution < 1.29 is 4.74 Å². The van der Waals surface area contributed by atoms with Crippen molar-refractivity contribution in [3.63, 3.8) is 0 Å². The molecule has 0 amide bonds. The fraction of sp³-hybridized carbons (Fsp3) is 0.317. The molecule has 0 fully saturated rings. The van der Waals surface area contributed by atoms with Gasteiger partial charge in [0.1, 0.15) is 17.3 Å². The highest BCUT2D eigenvalue weighted by Crippen LogP contribution is 2.50. The molecule has 0 atom stereocenters. The Morgan fingerprint density at radius 2 is 1.03 bits per heavy atom. The van der Waals surface area contributed by atoms with Crippen LogP contribution in [0.3, 0.4) is 0 Å². The predicted octanol–water partition coefficient (Wildman–Crippen LogP) is 17.1. The largest absolute Gasteiger partial charge is 0.457 e. The molecule has 0 unspecified atom stereocenters. The summed E-state index contributed by atoms with van der Waals surface area (Å²) in [6.07, 6.45) is 1.94. The lowest BCUT2D eigenvalue weighted by molar-refractivity contribution is 0.444. The zero-order chi connectivity index (χ0) is 48.6. The highest BCUT2D eigenvalue weighted by Gasteiger charge is 2.42. The first kappa shape index (κ1) is 46.5. The fourth-order valence-corrected chi connectivity index (χ4v) is 10.1. The Bertz CT molecular complexity index is 3180. The van der Waals surface area contributed by atoms with Crippen LogP contribution in [0, 0.1) is 10.8 Å². The topological polar surface area (TPSA) is 33.5 Å².